The fourth-order valence-corrected chi connectivity index (χ4v) is 2.73. The molecule has 1 amide bonds. The van der Waals surface area contributed by atoms with E-state index in [2.05, 4.69) is 0 Å². The van der Waals surface area contributed by atoms with Crippen molar-refractivity contribution in [3.05, 3.63) is 58.5 Å². The zero-order valence-corrected chi connectivity index (χ0v) is 12.8. The molecule has 1 unspecified atom stereocenters. The zero-order chi connectivity index (χ0) is 16.4. The normalized spacial score (nSPS) is 18.0. The number of morpholine rings is 1. The van der Waals surface area contributed by atoms with Crippen LogP contribution in [0, 0.1) is 0 Å². The minimum atomic E-state index is -1.14. The quantitative estimate of drug-likeness (QED) is 0.933. The van der Waals surface area contributed by atoms with Crippen molar-refractivity contribution in [2.75, 3.05) is 19.7 Å². The molecule has 6 nitrogen and oxygen atoms in total. The summed E-state index contributed by atoms with van der Waals surface area (Å²) in [6.07, 6.45) is 0.733. The van der Waals surface area contributed by atoms with Crippen molar-refractivity contribution in [3.8, 4) is 0 Å². The van der Waals surface area contributed by atoms with Crippen molar-refractivity contribution >= 4 is 23.5 Å². The molecule has 0 aliphatic carbocycles. The topological polar surface area (TPSA) is 80.0 Å². The van der Waals surface area contributed by atoms with Crippen LogP contribution in [0.5, 0.6) is 0 Å². The number of carbonyl (C=O) groups excluding carboxylic acids is 1. The third kappa shape index (κ3) is 3.23. The molecule has 1 aromatic heterocycles. The van der Waals surface area contributed by atoms with E-state index < -0.39 is 5.97 Å². The van der Waals surface area contributed by atoms with Crippen molar-refractivity contribution in [2.24, 2.45) is 0 Å². The molecule has 7 heteroatoms. The van der Waals surface area contributed by atoms with Crippen LogP contribution in [0.3, 0.4) is 0 Å². The summed E-state index contributed by atoms with van der Waals surface area (Å²) in [7, 11) is 0. The number of carboxylic acids is 1. The van der Waals surface area contributed by atoms with Gasteiger partial charge >= 0.3 is 5.97 Å². The Balaban J connectivity index is 1.76. The number of benzene rings is 1. The fourth-order valence-electron chi connectivity index (χ4n) is 2.47. The third-order valence-corrected chi connectivity index (χ3v) is 4.01. The minimum absolute atomic E-state index is 0.00205. The molecular weight excluding hydrogens is 322 g/mol. The highest BCUT2D eigenvalue weighted by molar-refractivity contribution is 6.31. The molecule has 1 atom stereocenters. The SMILES string of the molecule is O=C(O)c1coc(C(=O)N2CCOC(c3ccccc3Cl)C2)c1. The summed E-state index contributed by atoms with van der Waals surface area (Å²) >= 11 is 6.17. The predicted octanol–water partition coefficient (Wildman–Crippen LogP) is 2.84. The van der Waals surface area contributed by atoms with Crippen LogP contribution in [0.25, 0.3) is 0 Å². The van der Waals surface area contributed by atoms with Crippen LogP contribution < -0.4 is 0 Å². The summed E-state index contributed by atoms with van der Waals surface area (Å²) < 4.78 is 10.8. The van der Waals surface area contributed by atoms with Crippen LogP contribution in [0.2, 0.25) is 5.02 Å². The summed E-state index contributed by atoms with van der Waals surface area (Å²) in [6.45, 7) is 1.10. The van der Waals surface area contributed by atoms with Crippen LogP contribution in [-0.4, -0.2) is 41.6 Å². The Bertz CT molecular complexity index is 742. The van der Waals surface area contributed by atoms with Crippen LogP contribution in [0.1, 0.15) is 32.6 Å². The molecule has 23 heavy (non-hydrogen) atoms. The average Bonchev–Trinajstić information content (AvgIpc) is 3.05. The second kappa shape index (κ2) is 6.44. The van der Waals surface area contributed by atoms with Crippen molar-refractivity contribution in [2.45, 2.75) is 6.10 Å². The van der Waals surface area contributed by atoms with Gasteiger partial charge in [-0.2, -0.15) is 0 Å². The van der Waals surface area contributed by atoms with Gasteiger partial charge in [-0.3, -0.25) is 4.79 Å². The van der Waals surface area contributed by atoms with Gasteiger partial charge in [-0.15, -0.1) is 0 Å². The number of hydrogen-bond acceptors (Lipinski definition) is 4. The van der Waals surface area contributed by atoms with Crippen molar-refractivity contribution in [1.29, 1.82) is 0 Å². The first-order valence-corrected chi connectivity index (χ1v) is 7.41. The van der Waals surface area contributed by atoms with Gasteiger partial charge in [-0.25, -0.2) is 4.79 Å². The lowest BCUT2D eigenvalue weighted by Gasteiger charge is -2.33. The zero-order valence-electron chi connectivity index (χ0n) is 12.1. The van der Waals surface area contributed by atoms with Gasteiger partial charge in [-0.1, -0.05) is 29.8 Å². The number of nitrogens with zero attached hydrogens (tertiary/aromatic N) is 1. The third-order valence-electron chi connectivity index (χ3n) is 3.66. The Hall–Kier alpha value is -2.31. The van der Waals surface area contributed by atoms with Crippen LogP contribution in [0.15, 0.2) is 41.0 Å². The summed E-state index contributed by atoms with van der Waals surface area (Å²) in [5.74, 6) is -1.50. The van der Waals surface area contributed by atoms with E-state index in [9.17, 15) is 9.59 Å². The van der Waals surface area contributed by atoms with E-state index in [1.165, 1.54) is 6.07 Å². The van der Waals surface area contributed by atoms with E-state index in [0.29, 0.717) is 24.7 Å². The van der Waals surface area contributed by atoms with Gasteiger partial charge in [0.2, 0.25) is 0 Å². The molecule has 0 spiro atoms. The second-order valence-corrected chi connectivity index (χ2v) is 5.54. The Kier molecular flexibility index (Phi) is 4.36. The van der Waals surface area contributed by atoms with Crippen LogP contribution in [0.4, 0.5) is 0 Å². The number of carboxylic acid groups (broad SMARTS) is 1. The van der Waals surface area contributed by atoms with Crippen molar-refractivity contribution in [3.63, 3.8) is 0 Å². The number of carbonyl (C=O) groups is 2. The van der Waals surface area contributed by atoms with E-state index in [0.717, 1.165) is 11.8 Å². The summed E-state index contributed by atoms with van der Waals surface area (Å²) in [4.78, 5) is 24.9. The van der Waals surface area contributed by atoms with Crippen molar-refractivity contribution in [1.82, 2.24) is 4.90 Å². The number of halogens is 1. The van der Waals surface area contributed by atoms with Crippen molar-refractivity contribution < 1.29 is 23.8 Å². The van der Waals surface area contributed by atoms with Gasteiger partial charge in [0, 0.05) is 23.2 Å². The number of hydrogen-bond donors (Lipinski definition) is 1. The molecule has 1 saturated heterocycles. The molecule has 120 valence electrons. The monoisotopic (exact) mass is 335 g/mol. The molecule has 1 aliphatic heterocycles. The van der Waals surface area contributed by atoms with Gasteiger partial charge in [0.1, 0.15) is 12.4 Å². The summed E-state index contributed by atoms with van der Waals surface area (Å²) in [5.41, 5.74) is 0.765. The van der Waals surface area contributed by atoms with Gasteiger partial charge in [0.05, 0.1) is 18.7 Å². The molecule has 2 heterocycles. The number of ether oxygens (including phenoxy) is 1. The lowest BCUT2D eigenvalue weighted by Crippen LogP contribution is -2.42. The number of furan rings is 1. The highest BCUT2D eigenvalue weighted by Gasteiger charge is 2.29. The Morgan fingerprint density at radius 1 is 1.30 bits per heavy atom. The van der Waals surface area contributed by atoms with E-state index in [-0.39, 0.29) is 23.3 Å². The van der Waals surface area contributed by atoms with Crippen LogP contribution >= 0.6 is 11.6 Å². The first kappa shape index (κ1) is 15.6. The predicted molar refractivity (Wildman–Crippen MR) is 81.7 cm³/mol. The molecule has 0 bridgehead atoms. The molecule has 1 aliphatic rings. The largest absolute Gasteiger partial charge is 0.478 e. The summed E-state index contributed by atoms with van der Waals surface area (Å²) in [6, 6.07) is 8.54. The number of amides is 1. The van der Waals surface area contributed by atoms with E-state index in [4.69, 9.17) is 25.9 Å². The number of rotatable bonds is 3. The molecule has 2 aromatic rings. The minimum Gasteiger partial charge on any atom is -0.478 e. The molecule has 1 N–H and O–H groups in total. The maximum absolute atomic E-state index is 12.4. The van der Waals surface area contributed by atoms with E-state index in [1.807, 2.05) is 18.2 Å². The summed E-state index contributed by atoms with van der Waals surface area (Å²) in [5, 5.41) is 9.47. The first-order chi connectivity index (χ1) is 11.1. The lowest BCUT2D eigenvalue weighted by molar-refractivity contribution is -0.0237. The van der Waals surface area contributed by atoms with E-state index in [1.54, 1.807) is 11.0 Å². The highest BCUT2D eigenvalue weighted by atomic mass is 35.5. The van der Waals surface area contributed by atoms with Gasteiger partial charge in [0.25, 0.3) is 5.91 Å². The Morgan fingerprint density at radius 2 is 2.09 bits per heavy atom. The molecule has 1 fully saturated rings. The smallest absolute Gasteiger partial charge is 0.338 e. The van der Waals surface area contributed by atoms with Gasteiger partial charge in [-0.05, 0) is 6.07 Å². The lowest BCUT2D eigenvalue weighted by atomic mass is 10.1. The fraction of sp³-hybridized carbons (Fsp3) is 0.250. The Labute approximate surface area is 137 Å². The molecular formula is C16H14ClNO5. The standard InChI is InChI=1S/C16H14ClNO5/c17-12-4-2-1-3-11(12)14-8-18(5-6-22-14)15(19)13-7-10(9-23-13)16(20)21/h1-4,7,9,14H,5-6,8H2,(H,20,21). The molecule has 0 saturated carbocycles. The average molecular weight is 336 g/mol. The second-order valence-electron chi connectivity index (χ2n) is 5.14. The molecule has 3 rings (SSSR count). The molecule has 1 aromatic carbocycles. The van der Waals surface area contributed by atoms with E-state index >= 15 is 0 Å². The van der Waals surface area contributed by atoms with Gasteiger partial charge in [0.15, 0.2) is 5.76 Å². The maximum atomic E-state index is 12.4. The Morgan fingerprint density at radius 3 is 2.78 bits per heavy atom. The maximum Gasteiger partial charge on any atom is 0.338 e. The van der Waals surface area contributed by atoms with Gasteiger partial charge < -0.3 is 19.2 Å². The highest BCUT2D eigenvalue weighted by Crippen LogP contribution is 2.29. The number of aromatic carboxylic acids is 1. The molecule has 0 radical (unpaired) electrons. The first-order valence-electron chi connectivity index (χ1n) is 7.03. The van der Waals surface area contributed by atoms with Crippen LogP contribution in [-0.2, 0) is 4.74 Å².